The summed E-state index contributed by atoms with van der Waals surface area (Å²) in [4.78, 5) is 30.7. The van der Waals surface area contributed by atoms with Crippen molar-refractivity contribution in [2.45, 2.75) is 0 Å². The molecule has 0 aromatic carbocycles. The van der Waals surface area contributed by atoms with Crippen molar-refractivity contribution in [1.82, 2.24) is 15.0 Å². The fourth-order valence-electron chi connectivity index (χ4n) is 1.05. The molecule has 0 aliphatic rings. The summed E-state index contributed by atoms with van der Waals surface area (Å²) in [7, 11) is 0. The van der Waals surface area contributed by atoms with Crippen LogP contribution in [0, 0.1) is 3.57 Å². The molecular weight excluding hydrogens is 285 g/mol. The first-order valence-corrected chi connectivity index (χ1v) is 4.52. The molecule has 0 atom stereocenters. The third kappa shape index (κ3) is 1.37. The van der Waals surface area contributed by atoms with Gasteiger partial charge < -0.3 is 4.98 Å². The summed E-state index contributed by atoms with van der Waals surface area (Å²) in [5, 5.41) is 0.395. The van der Waals surface area contributed by atoms with Gasteiger partial charge in [0.05, 0.1) is 14.5 Å². The highest BCUT2D eigenvalue weighted by Gasteiger charge is 2.02. The van der Waals surface area contributed by atoms with Gasteiger partial charge >= 0.3 is 5.69 Å². The lowest BCUT2D eigenvalue weighted by atomic mass is 10.3. The zero-order chi connectivity index (χ0) is 9.42. The topological polar surface area (TPSA) is 78.6 Å². The van der Waals surface area contributed by atoms with Crippen LogP contribution in [0.3, 0.4) is 0 Å². The highest BCUT2D eigenvalue weighted by atomic mass is 127. The Hall–Kier alpha value is -1.18. The molecule has 0 aliphatic heterocycles. The molecule has 0 aliphatic carbocycles. The van der Waals surface area contributed by atoms with Gasteiger partial charge in [-0.25, -0.2) is 4.79 Å². The lowest BCUT2D eigenvalue weighted by molar-refractivity contribution is 1.07. The van der Waals surface area contributed by atoms with Crippen LogP contribution in [0.15, 0.2) is 22.0 Å². The quantitative estimate of drug-likeness (QED) is 0.681. The van der Waals surface area contributed by atoms with Crippen molar-refractivity contribution in [2.24, 2.45) is 0 Å². The second-order valence-corrected chi connectivity index (χ2v) is 3.61. The predicted molar refractivity (Wildman–Crippen MR) is 55.7 cm³/mol. The third-order valence-corrected chi connectivity index (χ3v) is 2.43. The van der Waals surface area contributed by atoms with E-state index in [9.17, 15) is 9.59 Å². The second-order valence-electron chi connectivity index (χ2n) is 2.45. The van der Waals surface area contributed by atoms with Gasteiger partial charge in [-0.15, -0.1) is 0 Å². The normalized spacial score (nSPS) is 10.5. The number of rotatable bonds is 0. The van der Waals surface area contributed by atoms with Gasteiger partial charge in [0, 0.05) is 12.4 Å². The number of hydrogen-bond donors (Lipinski definition) is 2. The van der Waals surface area contributed by atoms with E-state index in [0.717, 1.165) is 3.57 Å². The Morgan fingerprint density at radius 2 is 2.00 bits per heavy atom. The van der Waals surface area contributed by atoms with Crippen LogP contribution in [0.5, 0.6) is 0 Å². The Morgan fingerprint density at radius 3 is 2.77 bits per heavy atom. The SMILES string of the molecule is O=c1[nH]c(=O)c2cncc(I)c2[nH]1. The fraction of sp³-hybridized carbons (Fsp3) is 0. The maximum absolute atomic E-state index is 11.2. The van der Waals surface area contributed by atoms with Crippen LogP contribution in [0.2, 0.25) is 0 Å². The summed E-state index contributed by atoms with van der Waals surface area (Å²) in [5.41, 5.74) is -0.379. The molecule has 2 aromatic rings. The maximum Gasteiger partial charge on any atom is 0.326 e. The number of nitrogens with zero attached hydrogens (tertiary/aromatic N) is 1. The minimum absolute atomic E-state index is 0.395. The van der Waals surface area contributed by atoms with Crippen LogP contribution < -0.4 is 11.2 Å². The first-order valence-electron chi connectivity index (χ1n) is 3.44. The molecule has 0 saturated carbocycles. The van der Waals surface area contributed by atoms with Crippen molar-refractivity contribution in [3.8, 4) is 0 Å². The van der Waals surface area contributed by atoms with E-state index in [2.05, 4.69) is 15.0 Å². The Kier molecular flexibility index (Phi) is 1.91. The molecule has 5 nitrogen and oxygen atoms in total. The van der Waals surface area contributed by atoms with Gasteiger partial charge in [0.2, 0.25) is 0 Å². The Morgan fingerprint density at radius 1 is 1.23 bits per heavy atom. The summed E-state index contributed by atoms with van der Waals surface area (Å²) >= 11 is 2.01. The minimum Gasteiger partial charge on any atom is -0.306 e. The van der Waals surface area contributed by atoms with E-state index in [1.54, 1.807) is 6.20 Å². The first-order chi connectivity index (χ1) is 6.18. The molecular formula is C7H4IN3O2. The van der Waals surface area contributed by atoms with Crippen molar-refractivity contribution < 1.29 is 0 Å². The van der Waals surface area contributed by atoms with Crippen molar-refractivity contribution in [1.29, 1.82) is 0 Å². The van der Waals surface area contributed by atoms with Gasteiger partial charge in [0.1, 0.15) is 0 Å². The zero-order valence-corrected chi connectivity index (χ0v) is 8.45. The highest BCUT2D eigenvalue weighted by molar-refractivity contribution is 14.1. The molecule has 0 saturated heterocycles. The Labute approximate surface area is 85.4 Å². The van der Waals surface area contributed by atoms with Crippen molar-refractivity contribution in [2.75, 3.05) is 0 Å². The number of halogens is 1. The van der Waals surface area contributed by atoms with Crippen LogP contribution in [0.25, 0.3) is 10.9 Å². The number of aromatic amines is 2. The standard InChI is InChI=1S/C7H4IN3O2/c8-4-2-9-1-3-5(4)10-7(13)11-6(3)12/h1-2H,(H2,10,11,12,13). The second kappa shape index (κ2) is 2.95. The monoisotopic (exact) mass is 289 g/mol. The molecule has 0 fully saturated rings. The average molecular weight is 289 g/mol. The van der Waals surface area contributed by atoms with Gasteiger partial charge in [-0.3, -0.25) is 14.8 Å². The van der Waals surface area contributed by atoms with E-state index in [1.807, 2.05) is 22.6 Å². The van der Waals surface area contributed by atoms with Gasteiger partial charge in [0.15, 0.2) is 0 Å². The molecule has 2 N–H and O–H groups in total. The molecule has 0 unspecified atom stereocenters. The summed E-state index contributed by atoms with van der Waals surface area (Å²) in [6, 6.07) is 0. The number of nitrogens with one attached hydrogen (secondary N) is 2. The molecule has 2 aromatic heterocycles. The minimum atomic E-state index is -0.499. The maximum atomic E-state index is 11.2. The number of hydrogen-bond acceptors (Lipinski definition) is 3. The third-order valence-electron chi connectivity index (χ3n) is 1.61. The highest BCUT2D eigenvalue weighted by Crippen LogP contribution is 2.11. The largest absolute Gasteiger partial charge is 0.326 e. The van der Waals surface area contributed by atoms with E-state index in [-0.39, 0.29) is 0 Å². The van der Waals surface area contributed by atoms with E-state index in [0.29, 0.717) is 10.9 Å². The Bertz CT molecular complexity index is 572. The zero-order valence-electron chi connectivity index (χ0n) is 6.30. The molecule has 0 bridgehead atoms. The summed E-state index contributed by atoms with van der Waals surface area (Å²) in [6.07, 6.45) is 3.00. The van der Waals surface area contributed by atoms with Gasteiger partial charge in [-0.1, -0.05) is 0 Å². The lowest BCUT2D eigenvalue weighted by Crippen LogP contribution is -2.22. The van der Waals surface area contributed by atoms with Crippen LogP contribution in [-0.4, -0.2) is 15.0 Å². The fourth-order valence-corrected chi connectivity index (χ4v) is 1.64. The van der Waals surface area contributed by atoms with E-state index >= 15 is 0 Å². The molecule has 2 rings (SSSR count). The van der Waals surface area contributed by atoms with Crippen molar-refractivity contribution in [3.63, 3.8) is 0 Å². The van der Waals surface area contributed by atoms with E-state index < -0.39 is 11.2 Å². The first kappa shape index (κ1) is 8.42. The summed E-state index contributed by atoms with van der Waals surface area (Å²) in [6.45, 7) is 0. The Balaban J connectivity index is 3.12. The van der Waals surface area contributed by atoms with Crippen LogP contribution >= 0.6 is 22.6 Å². The van der Waals surface area contributed by atoms with E-state index in [4.69, 9.17) is 0 Å². The van der Waals surface area contributed by atoms with Gasteiger partial charge in [-0.05, 0) is 22.6 Å². The molecule has 0 radical (unpaired) electrons. The number of H-pyrrole nitrogens is 2. The van der Waals surface area contributed by atoms with Gasteiger partial charge in [0.25, 0.3) is 5.56 Å². The summed E-state index contributed by atoms with van der Waals surface area (Å²) in [5.74, 6) is 0. The van der Waals surface area contributed by atoms with E-state index in [1.165, 1.54) is 6.20 Å². The van der Waals surface area contributed by atoms with Crippen LogP contribution in [-0.2, 0) is 0 Å². The van der Waals surface area contributed by atoms with Crippen LogP contribution in [0.1, 0.15) is 0 Å². The molecule has 2 heterocycles. The number of pyridine rings is 1. The van der Waals surface area contributed by atoms with Gasteiger partial charge in [-0.2, -0.15) is 0 Å². The lowest BCUT2D eigenvalue weighted by Gasteiger charge is -1.96. The van der Waals surface area contributed by atoms with Crippen molar-refractivity contribution >= 4 is 33.5 Å². The molecule has 6 heteroatoms. The van der Waals surface area contributed by atoms with Crippen LogP contribution in [0.4, 0.5) is 0 Å². The molecule has 0 spiro atoms. The molecule has 66 valence electrons. The molecule has 13 heavy (non-hydrogen) atoms. The number of aromatic nitrogens is 3. The predicted octanol–water partition coefficient (Wildman–Crippen LogP) is 0.216. The molecule has 0 amide bonds. The van der Waals surface area contributed by atoms with Crippen molar-refractivity contribution in [3.05, 3.63) is 36.8 Å². The smallest absolute Gasteiger partial charge is 0.306 e. The average Bonchev–Trinajstić information content (AvgIpc) is 2.07. The number of fused-ring (bicyclic) bond motifs is 1. The summed E-state index contributed by atoms with van der Waals surface area (Å²) < 4.78 is 0.748.